The molecule has 2 aromatic carbocycles. The summed E-state index contributed by atoms with van der Waals surface area (Å²) in [4.78, 5) is 68.9. The number of ether oxygens (including phenoxy) is 5. The number of carbonyl (C=O) groups excluding carboxylic acids is 5. The van der Waals surface area contributed by atoms with Crippen LogP contribution in [-0.4, -0.2) is 110 Å². The molecule has 1 saturated heterocycles. The Morgan fingerprint density at radius 3 is 2.10 bits per heavy atom. The van der Waals surface area contributed by atoms with E-state index in [0.29, 0.717) is 5.56 Å². The zero-order chi connectivity index (χ0) is 42.7. The highest BCUT2D eigenvalue weighted by Crippen LogP contribution is 2.64. The number of hydrogen-bond donors (Lipinski definition) is 5. The van der Waals surface area contributed by atoms with E-state index in [1.54, 1.807) is 83.1 Å². The predicted octanol–water partition coefficient (Wildman–Crippen LogP) is 3.26. The number of Topliss-reactive ketones (excluding diaryl/α,β-unsaturated/α-hetero) is 1. The van der Waals surface area contributed by atoms with Crippen LogP contribution in [0.1, 0.15) is 90.2 Å². The lowest BCUT2D eigenvalue weighted by atomic mass is 9.44. The summed E-state index contributed by atoms with van der Waals surface area (Å²) in [7, 11) is 0. The number of ketones is 1. The number of fused-ring (bicyclic) bond motifs is 5. The van der Waals surface area contributed by atoms with E-state index in [1.165, 1.54) is 26.0 Å². The molecular weight excluding hydrogens is 760 g/mol. The molecule has 3 fully saturated rings. The highest BCUT2D eigenvalue weighted by molar-refractivity contribution is 5.94. The summed E-state index contributed by atoms with van der Waals surface area (Å²) in [6.07, 6.45) is -11.5. The Morgan fingerprint density at radius 2 is 1.55 bits per heavy atom. The summed E-state index contributed by atoms with van der Waals surface area (Å²) in [5, 5.41) is 51.6. The first-order valence-electron chi connectivity index (χ1n) is 19.3. The molecule has 15 heteroatoms. The normalized spacial score (nSPS) is 33.7. The van der Waals surface area contributed by atoms with Crippen molar-refractivity contribution in [2.75, 3.05) is 6.61 Å². The SMILES string of the molecule is CC(=O)O[C@@]12CO[C@@H]1C[C@H](O)[C@@]1(C)C(=O)[C@H](O)C3=C(C)[C@@H](OC(=O)[C@H](O)[C@@H](NC(=O)OC(C)(C)C)c4ccccc4)C[C@@](O)([C@@H](OC(=O)[13c]4[13cH][13cH][13cH][13cH][13cH]4)C12)C3(C)C. The molecule has 2 aromatic rings. The first-order valence-corrected chi connectivity index (χ1v) is 19.3. The highest BCUT2D eigenvalue weighted by atomic mass is 16.6. The molecule has 6 rings (SSSR count). The Bertz CT molecular complexity index is 1980. The van der Waals surface area contributed by atoms with Crippen molar-refractivity contribution >= 4 is 29.8 Å². The van der Waals surface area contributed by atoms with E-state index in [1.807, 2.05) is 0 Å². The topological polar surface area (TPSA) is 224 Å². The molecule has 3 aliphatic carbocycles. The van der Waals surface area contributed by atoms with Gasteiger partial charge in [-0.3, -0.25) is 9.59 Å². The van der Waals surface area contributed by atoms with Crippen LogP contribution in [0, 0.1) is 16.7 Å². The van der Waals surface area contributed by atoms with Crippen LogP contribution in [0.5, 0.6) is 0 Å². The summed E-state index contributed by atoms with van der Waals surface area (Å²) >= 11 is 0. The molecule has 11 atom stereocenters. The fourth-order valence-corrected chi connectivity index (χ4v) is 9.56. The van der Waals surface area contributed by atoms with Gasteiger partial charge in [-0.1, -0.05) is 62.4 Å². The molecule has 314 valence electrons. The number of carbonyl (C=O) groups is 5. The Kier molecular flexibility index (Phi) is 11.2. The summed E-state index contributed by atoms with van der Waals surface area (Å²) < 4.78 is 29.5. The van der Waals surface area contributed by atoms with Crippen LogP contribution in [0.4, 0.5) is 4.79 Å². The average molecular weight is 814 g/mol. The molecule has 2 bridgehead atoms. The van der Waals surface area contributed by atoms with Gasteiger partial charge in [-0.2, -0.15) is 0 Å². The number of nitrogens with one attached hydrogen (secondary N) is 1. The number of esters is 3. The maximum absolute atomic E-state index is 14.9. The van der Waals surface area contributed by atoms with Crippen LogP contribution in [0.15, 0.2) is 71.8 Å². The number of aliphatic hydroxyl groups is 4. The van der Waals surface area contributed by atoms with Gasteiger partial charge in [0.2, 0.25) is 0 Å². The zero-order valence-electron chi connectivity index (χ0n) is 33.9. The van der Waals surface area contributed by atoms with E-state index >= 15 is 0 Å². The summed E-state index contributed by atoms with van der Waals surface area (Å²) in [6.45, 7) is 11.8. The second kappa shape index (κ2) is 15.2. The van der Waals surface area contributed by atoms with E-state index in [9.17, 15) is 44.4 Å². The van der Waals surface area contributed by atoms with Gasteiger partial charge in [0.05, 0.1) is 35.6 Å². The number of aliphatic hydroxyl groups excluding tert-OH is 3. The van der Waals surface area contributed by atoms with Crippen LogP contribution < -0.4 is 5.32 Å². The molecule has 1 unspecified atom stereocenters. The van der Waals surface area contributed by atoms with Crippen molar-refractivity contribution in [1.29, 1.82) is 0 Å². The maximum Gasteiger partial charge on any atom is 0.408 e. The Hall–Kier alpha value is -4.67. The van der Waals surface area contributed by atoms with Crippen LogP contribution in [0.3, 0.4) is 0 Å². The number of hydrogen-bond acceptors (Lipinski definition) is 14. The summed E-state index contributed by atoms with van der Waals surface area (Å²) in [6, 6.07) is 14.6. The standard InChI is InChI=1S/C43H53NO14/c1-22-26(55-37(51)32(48)30(24-15-11-9-12-16-24)44-38(52)58-39(3,4)5)20-43(53)35(56-36(50)25-17-13-10-14-18-25)33-41(8,34(49)31(47)29(22)40(43,6)7)27(46)19-28-42(33,21-54-28)57-23(2)45/h9-18,26-28,30-33,35,46-48,53H,19-21H2,1-8H3,(H,44,52)/t26-,27-,28+,30-,31+,32+,33?,35-,41+,42-,43+/m0/s1/i10+1,13+1,14+1,17+1,18+1,25+1. The van der Waals surface area contributed by atoms with Crippen LogP contribution in [-0.2, 0) is 38.1 Å². The van der Waals surface area contributed by atoms with Crippen LogP contribution in [0.2, 0.25) is 0 Å². The number of rotatable bonds is 8. The van der Waals surface area contributed by atoms with Crippen molar-refractivity contribution in [2.24, 2.45) is 16.7 Å². The molecule has 15 nitrogen and oxygen atoms in total. The smallest absolute Gasteiger partial charge is 0.408 e. The minimum Gasteiger partial charge on any atom is -0.456 e. The molecule has 1 aliphatic heterocycles. The van der Waals surface area contributed by atoms with E-state index in [-0.39, 0.29) is 29.7 Å². The average Bonchev–Trinajstić information content (AvgIpc) is 3.14. The van der Waals surface area contributed by atoms with Gasteiger partial charge in [-0.15, -0.1) is 0 Å². The third-order valence-corrected chi connectivity index (χ3v) is 12.6. The largest absolute Gasteiger partial charge is 0.456 e. The number of alkyl carbamates (subject to hydrolysis) is 1. The van der Waals surface area contributed by atoms with Gasteiger partial charge in [0.1, 0.15) is 35.6 Å². The van der Waals surface area contributed by atoms with Crippen molar-refractivity contribution in [3.05, 3.63) is 82.9 Å². The van der Waals surface area contributed by atoms with Gasteiger partial charge in [-0.25, -0.2) is 14.4 Å². The lowest BCUT2D eigenvalue weighted by molar-refractivity contribution is -0.346. The quantitative estimate of drug-likeness (QED) is 0.147. The molecule has 58 heavy (non-hydrogen) atoms. The number of amides is 1. The molecule has 4 aliphatic rings. The molecule has 0 aromatic heterocycles. The van der Waals surface area contributed by atoms with Gasteiger partial charge in [-0.05, 0) is 63.5 Å². The van der Waals surface area contributed by atoms with Gasteiger partial charge < -0.3 is 49.4 Å². The van der Waals surface area contributed by atoms with Gasteiger partial charge >= 0.3 is 24.0 Å². The molecule has 1 heterocycles. The molecule has 0 spiro atoms. The minimum atomic E-state index is -2.35. The van der Waals surface area contributed by atoms with Crippen LogP contribution >= 0.6 is 0 Å². The second-order valence-electron chi connectivity index (χ2n) is 17.6. The molecule has 1 amide bonds. The van der Waals surface area contributed by atoms with Crippen molar-refractivity contribution in [3.8, 4) is 0 Å². The third-order valence-electron chi connectivity index (χ3n) is 12.6. The van der Waals surface area contributed by atoms with Crippen molar-refractivity contribution in [2.45, 2.75) is 128 Å². The first-order chi connectivity index (χ1) is 27.0. The Morgan fingerprint density at radius 1 is 0.948 bits per heavy atom. The van der Waals surface area contributed by atoms with E-state index < -0.39 is 112 Å². The summed E-state index contributed by atoms with van der Waals surface area (Å²) in [5.74, 6) is -5.36. The lowest BCUT2D eigenvalue weighted by Gasteiger charge is -2.67. The van der Waals surface area contributed by atoms with E-state index in [2.05, 4.69) is 5.32 Å². The Labute approximate surface area is 336 Å². The van der Waals surface area contributed by atoms with E-state index in [0.717, 1.165) is 6.92 Å². The second-order valence-corrected chi connectivity index (χ2v) is 17.6. The molecule has 2 saturated carbocycles. The van der Waals surface area contributed by atoms with Gasteiger partial charge in [0, 0.05) is 25.2 Å². The molecular formula is C43H53NO14. The zero-order valence-corrected chi connectivity index (χ0v) is 33.9. The fourth-order valence-electron chi connectivity index (χ4n) is 9.56. The third kappa shape index (κ3) is 7.10. The number of benzene rings is 2. The van der Waals surface area contributed by atoms with Crippen molar-refractivity contribution < 1.29 is 68.1 Å². The van der Waals surface area contributed by atoms with Crippen molar-refractivity contribution in [3.63, 3.8) is 0 Å². The van der Waals surface area contributed by atoms with Gasteiger partial charge in [0.25, 0.3) is 0 Å². The maximum atomic E-state index is 14.9. The fraction of sp³-hybridized carbons (Fsp3) is 0.558. The summed E-state index contributed by atoms with van der Waals surface area (Å²) in [5.41, 5.74) is -8.14. The monoisotopic (exact) mass is 813 g/mol. The van der Waals surface area contributed by atoms with Gasteiger partial charge in [0.15, 0.2) is 17.5 Å². The molecule has 0 radical (unpaired) electrons. The highest BCUT2D eigenvalue weighted by Gasteiger charge is 2.78. The van der Waals surface area contributed by atoms with Crippen LogP contribution in [0.25, 0.3) is 0 Å². The Balaban J connectivity index is 1.49. The first kappa shape index (κ1) is 42.9. The van der Waals surface area contributed by atoms with E-state index in [4.69, 9.17) is 23.7 Å². The minimum absolute atomic E-state index is 0.0637. The lowest BCUT2D eigenvalue weighted by Crippen LogP contribution is -2.81. The molecule has 5 N–H and O–H groups in total. The predicted molar refractivity (Wildman–Crippen MR) is 204 cm³/mol. The van der Waals surface area contributed by atoms with Crippen molar-refractivity contribution in [1.82, 2.24) is 5.32 Å².